The van der Waals surface area contributed by atoms with E-state index in [0.29, 0.717) is 18.3 Å². The lowest BCUT2D eigenvalue weighted by atomic mass is 9.79. The molecule has 0 heterocycles. The van der Waals surface area contributed by atoms with Gasteiger partial charge in [0.1, 0.15) is 12.0 Å². The number of hydrogen-bond donors (Lipinski definition) is 2. The predicted molar refractivity (Wildman–Crippen MR) is 124 cm³/mol. The van der Waals surface area contributed by atoms with Gasteiger partial charge in [-0.25, -0.2) is 8.78 Å². The molecule has 4 rings (SSSR count). The molecule has 0 saturated heterocycles. The zero-order chi connectivity index (χ0) is 20.8. The summed E-state index contributed by atoms with van der Waals surface area (Å²) >= 11 is 0. The van der Waals surface area contributed by atoms with Crippen molar-refractivity contribution in [3.05, 3.63) is 82.7 Å². The molecule has 0 spiro atoms. The molecule has 1 saturated carbocycles. The van der Waals surface area contributed by atoms with E-state index < -0.39 is 6.17 Å². The number of rotatable bonds is 9. The first kappa shape index (κ1) is 21.2. The molecule has 164 valence electrons. The van der Waals surface area contributed by atoms with E-state index in [2.05, 4.69) is 28.8 Å². The molecule has 1 aromatic rings. The van der Waals surface area contributed by atoms with Crippen LogP contribution < -0.4 is 10.6 Å². The zero-order valence-corrected chi connectivity index (χ0v) is 17.5. The molecule has 2 atom stereocenters. The average Bonchev–Trinajstić information content (AvgIpc) is 2.70. The van der Waals surface area contributed by atoms with Crippen LogP contribution in [0.2, 0.25) is 0 Å². The van der Waals surface area contributed by atoms with Gasteiger partial charge in [-0.1, -0.05) is 48.9 Å². The van der Waals surface area contributed by atoms with Crippen molar-refractivity contribution < 1.29 is 11.6 Å². The molecule has 1 aromatic carbocycles. The molecule has 0 aliphatic heterocycles. The lowest BCUT2D eigenvalue weighted by molar-refractivity contribution is 0.400. The van der Waals surface area contributed by atoms with Gasteiger partial charge in [-0.15, -0.1) is 0 Å². The van der Waals surface area contributed by atoms with E-state index >= 15 is 0 Å². The molecule has 2 unspecified atom stereocenters. The predicted octanol–water partition coefficient (Wildman–Crippen LogP) is 6.28. The van der Waals surface area contributed by atoms with Gasteiger partial charge in [-0.05, 0) is 65.5 Å². The third-order valence-electron chi connectivity index (χ3n) is 6.31. The Kier molecular flexibility index (Phi) is 7.29. The molecule has 30 heavy (non-hydrogen) atoms. The number of alkyl halides is 1. The highest BCUT2D eigenvalue weighted by molar-refractivity contribution is 5.34. The van der Waals surface area contributed by atoms with Crippen LogP contribution in [0.3, 0.4) is 0 Å². The van der Waals surface area contributed by atoms with Crippen LogP contribution in [0.5, 0.6) is 0 Å². The van der Waals surface area contributed by atoms with Gasteiger partial charge in [0.05, 0.1) is 0 Å². The number of allylic oxidation sites excluding steroid dienone is 5. The molecule has 1 fully saturated rings. The summed E-state index contributed by atoms with van der Waals surface area (Å²) in [6.45, 7) is 3.27. The SMILES string of the molecule is FC1=CCC(CNCc2cc(CNCC3=CCC(F)C=C3)cc(C3CCC3)c2)C=C1.[HH].[HH]. The molecule has 2 N–H and O–H groups in total. The lowest BCUT2D eigenvalue weighted by Crippen LogP contribution is -2.22. The molecular formula is C26H36F2N2. The normalized spacial score (nSPS) is 23.8. The van der Waals surface area contributed by atoms with Crippen LogP contribution in [0, 0.1) is 5.92 Å². The fourth-order valence-corrected chi connectivity index (χ4v) is 4.29. The van der Waals surface area contributed by atoms with Gasteiger partial charge in [0.15, 0.2) is 0 Å². The molecule has 2 nitrogen and oxygen atoms in total. The number of halogens is 2. The van der Waals surface area contributed by atoms with E-state index in [0.717, 1.165) is 38.2 Å². The van der Waals surface area contributed by atoms with E-state index in [1.807, 2.05) is 18.2 Å². The minimum atomic E-state index is -0.831. The second-order valence-electron chi connectivity index (χ2n) is 8.78. The number of hydrogen-bond acceptors (Lipinski definition) is 2. The Bertz CT molecular complexity index is 859. The maximum absolute atomic E-state index is 13.2. The van der Waals surface area contributed by atoms with Crippen LogP contribution >= 0.6 is 0 Å². The largest absolute Gasteiger partial charge is 0.312 e. The molecular weight excluding hydrogens is 378 g/mol. The highest BCUT2D eigenvalue weighted by Gasteiger charge is 2.20. The van der Waals surface area contributed by atoms with Crippen LogP contribution in [0.25, 0.3) is 0 Å². The minimum absolute atomic E-state index is 0. The van der Waals surface area contributed by atoms with Gasteiger partial charge >= 0.3 is 0 Å². The maximum atomic E-state index is 13.2. The summed E-state index contributed by atoms with van der Waals surface area (Å²) in [6.07, 6.45) is 15.0. The van der Waals surface area contributed by atoms with E-state index in [1.54, 1.807) is 18.2 Å². The van der Waals surface area contributed by atoms with E-state index in [1.165, 1.54) is 36.0 Å². The van der Waals surface area contributed by atoms with Crippen molar-refractivity contribution in [2.75, 3.05) is 13.1 Å². The van der Waals surface area contributed by atoms with Gasteiger partial charge in [0.2, 0.25) is 0 Å². The highest BCUT2D eigenvalue weighted by Crippen LogP contribution is 2.37. The Morgan fingerprint density at radius 3 is 2.33 bits per heavy atom. The summed E-state index contributed by atoms with van der Waals surface area (Å²) in [4.78, 5) is 0. The Balaban J connectivity index is 0.00000181. The fourth-order valence-electron chi connectivity index (χ4n) is 4.29. The molecule has 0 amide bonds. The summed E-state index contributed by atoms with van der Waals surface area (Å²) in [5, 5.41) is 7.06. The van der Waals surface area contributed by atoms with Crippen molar-refractivity contribution in [2.45, 2.75) is 57.3 Å². The minimum Gasteiger partial charge on any atom is -0.312 e. The van der Waals surface area contributed by atoms with Crippen LogP contribution in [0.4, 0.5) is 8.78 Å². The van der Waals surface area contributed by atoms with Crippen molar-refractivity contribution in [2.24, 2.45) is 5.92 Å². The smallest absolute Gasteiger partial charge is 0.122 e. The quantitative estimate of drug-likeness (QED) is 0.497. The van der Waals surface area contributed by atoms with Crippen molar-refractivity contribution in [1.82, 2.24) is 10.6 Å². The monoisotopic (exact) mass is 414 g/mol. The number of nitrogens with one attached hydrogen (secondary N) is 2. The van der Waals surface area contributed by atoms with Gasteiger partial charge in [-0.2, -0.15) is 0 Å². The van der Waals surface area contributed by atoms with Crippen LogP contribution in [0.15, 0.2) is 66.1 Å². The molecule has 0 radical (unpaired) electrons. The second-order valence-corrected chi connectivity index (χ2v) is 8.78. The summed E-state index contributed by atoms with van der Waals surface area (Å²) in [7, 11) is 0. The van der Waals surface area contributed by atoms with Crippen LogP contribution in [0.1, 0.15) is 57.6 Å². The summed E-state index contributed by atoms with van der Waals surface area (Å²) in [6, 6.07) is 6.98. The van der Waals surface area contributed by atoms with Gasteiger partial charge < -0.3 is 10.6 Å². The lowest BCUT2D eigenvalue weighted by Gasteiger charge is -2.27. The third-order valence-corrected chi connectivity index (χ3v) is 6.31. The number of benzene rings is 1. The molecule has 3 aliphatic rings. The van der Waals surface area contributed by atoms with Crippen molar-refractivity contribution in [3.63, 3.8) is 0 Å². The zero-order valence-electron chi connectivity index (χ0n) is 17.5. The first-order valence-corrected chi connectivity index (χ1v) is 11.2. The van der Waals surface area contributed by atoms with Crippen molar-refractivity contribution in [1.29, 1.82) is 0 Å². The highest BCUT2D eigenvalue weighted by atomic mass is 19.1. The molecule has 0 bridgehead atoms. The summed E-state index contributed by atoms with van der Waals surface area (Å²) in [5.41, 5.74) is 5.24. The van der Waals surface area contributed by atoms with Crippen LogP contribution in [-0.2, 0) is 13.1 Å². The van der Waals surface area contributed by atoms with E-state index in [9.17, 15) is 8.78 Å². The van der Waals surface area contributed by atoms with E-state index in [-0.39, 0.29) is 8.68 Å². The standard InChI is InChI=1S/C26H32F2N2.2H2/c27-25-8-4-19(5-9-25)15-29-17-21-12-22(14-24(13-21)23-2-1-3-23)18-30-16-20-6-10-26(28)11-7-20;;/h4-6,8,10-14,20,23,25,29-30H,1-3,7,9,15-18H2;2*1H. The molecule has 4 heteroatoms. The van der Waals surface area contributed by atoms with Crippen LogP contribution in [-0.4, -0.2) is 19.3 Å². The van der Waals surface area contributed by atoms with Gasteiger partial charge in [0, 0.05) is 35.5 Å². The Hall–Kier alpha value is -2.04. The average molecular weight is 415 g/mol. The third kappa shape index (κ3) is 5.99. The Morgan fingerprint density at radius 2 is 1.70 bits per heavy atom. The summed E-state index contributed by atoms with van der Waals surface area (Å²) in [5.74, 6) is 0.936. The topological polar surface area (TPSA) is 24.1 Å². The first-order chi connectivity index (χ1) is 14.7. The fraction of sp³-hybridized carbons (Fsp3) is 0.462. The maximum Gasteiger partial charge on any atom is 0.122 e. The molecule has 3 aliphatic carbocycles. The van der Waals surface area contributed by atoms with Crippen molar-refractivity contribution in [3.8, 4) is 0 Å². The Labute approximate surface area is 181 Å². The summed E-state index contributed by atoms with van der Waals surface area (Å²) < 4.78 is 26.3. The van der Waals surface area contributed by atoms with Crippen molar-refractivity contribution >= 4 is 0 Å². The molecule has 0 aromatic heterocycles. The first-order valence-electron chi connectivity index (χ1n) is 11.2. The second kappa shape index (κ2) is 10.3. The van der Waals surface area contributed by atoms with Gasteiger partial charge in [0.25, 0.3) is 0 Å². The van der Waals surface area contributed by atoms with E-state index in [4.69, 9.17) is 0 Å². The van der Waals surface area contributed by atoms with Gasteiger partial charge in [-0.3, -0.25) is 0 Å². The Morgan fingerprint density at radius 1 is 0.900 bits per heavy atom.